The van der Waals surface area contributed by atoms with Gasteiger partial charge in [0.25, 0.3) is 0 Å². The zero-order valence-electron chi connectivity index (χ0n) is 15.1. The lowest BCUT2D eigenvalue weighted by atomic mass is 9.92. The second-order valence-corrected chi connectivity index (χ2v) is 7.35. The summed E-state index contributed by atoms with van der Waals surface area (Å²) < 4.78 is 11.6. The highest BCUT2D eigenvalue weighted by molar-refractivity contribution is 7.80. The van der Waals surface area contributed by atoms with Gasteiger partial charge in [-0.05, 0) is 25.0 Å². The van der Waals surface area contributed by atoms with Gasteiger partial charge in [0.1, 0.15) is 4.99 Å². The van der Waals surface area contributed by atoms with Crippen molar-refractivity contribution in [1.82, 2.24) is 15.2 Å². The number of nitrogens with zero attached hydrogens (tertiary/aromatic N) is 2. The van der Waals surface area contributed by atoms with Crippen LogP contribution in [0.15, 0.2) is 24.4 Å². The van der Waals surface area contributed by atoms with Gasteiger partial charge in [-0.15, -0.1) is 0 Å². The Bertz CT molecular complexity index is 545. The largest absolute Gasteiger partial charge is 0.379 e. The Labute approximate surface area is 156 Å². The lowest BCUT2D eigenvalue weighted by Gasteiger charge is -2.40. The number of methoxy groups -OCH3 is 1. The predicted octanol–water partition coefficient (Wildman–Crippen LogP) is 2.51. The van der Waals surface area contributed by atoms with Gasteiger partial charge in [0.2, 0.25) is 0 Å². The van der Waals surface area contributed by atoms with Gasteiger partial charge in [-0.2, -0.15) is 0 Å². The summed E-state index contributed by atoms with van der Waals surface area (Å²) in [5.74, 6) is 0. The molecule has 138 valence electrons. The topological polar surface area (TPSA) is 46.6 Å². The maximum Gasteiger partial charge on any atom is 0.172 e. The van der Waals surface area contributed by atoms with E-state index in [0.717, 1.165) is 37.0 Å². The molecule has 0 spiro atoms. The minimum Gasteiger partial charge on any atom is -0.379 e. The SMILES string of the molecule is COC(CN1CCOCC1)(C(=S)NC1CCCCC1)c1ccccn1. The quantitative estimate of drug-likeness (QED) is 0.784. The molecule has 1 atom stereocenters. The molecule has 6 heteroatoms. The second-order valence-electron chi connectivity index (χ2n) is 6.94. The summed E-state index contributed by atoms with van der Waals surface area (Å²) >= 11 is 5.88. The Balaban J connectivity index is 1.82. The van der Waals surface area contributed by atoms with Gasteiger partial charge in [0.15, 0.2) is 5.60 Å². The molecule has 3 rings (SSSR count). The van der Waals surface area contributed by atoms with Gasteiger partial charge in [-0.3, -0.25) is 9.88 Å². The maximum absolute atomic E-state index is 6.08. The summed E-state index contributed by atoms with van der Waals surface area (Å²) in [6.07, 6.45) is 8.04. The van der Waals surface area contributed by atoms with Gasteiger partial charge < -0.3 is 14.8 Å². The van der Waals surface area contributed by atoms with Crippen LogP contribution in [0.25, 0.3) is 0 Å². The van der Waals surface area contributed by atoms with Crippen molar-refractivity contribution in [2.75, 3.05) is 40.0 Å². The van der Waals surface area contributed by atoms with Crippen LogP contribution < -0.4 is 5.32 Å². The molecular weight excluding hydrogens is 334 g/mol. The van der Waals surface area contributed by atoms with E-state index in [0.29, 0.717) is 12.6 Å². The van der Waals surface area contributed by atoms with Crippen LogP contribution in [0.2, 0.25) is 0 Å². The standard InChI is InChI=1S/C19H29N3O2S/c1-23-19(17-9-5-6-10-20-17,15-22-11-13-24-14-12-22)18(25)21-16-7-3-2-4-8-16/h5-6,9-10,16H,2-4,7-8,11-15H2,1H3,(H,21,25). The smallest absolute Gasteiger partial charge is 0.172 e. The van der Waals surface area contributed by atoms with E-state index in [1.807, 2.05) is 24.4 Å². The fourth-order valence-corrected chi connectivity index (χ4v) is 4.17. The molecule has 1 aromatic rings. The molecule has 1 saturated carbocycles. The lowest BCUT2D eigenvalue weighted by molar-refractivity contribution is -0.0258. The Morgan fingerprint density at radius 2 is 2.08 bits per heavy atom. The van der Waals surface area contributed by atoms with E-state index in [2.05, 4.69) is 15.2 Å². The first-order valence-electron chi connectivity index (χ1n) is 9.32. The van der Waals surface area contributed by atoms with Crippen molar-refractivity contribution in [3.05, 3.63) is 30.1 Å². The van der Waals surface area contributed by atoms with Crippen LogP contribution in [0.4, 0.5) is 0 Å². The summed E-state index contributed by atoms with van der Waals surface area (Å²) in [6, 6.07) is 6.39. The van der Waals surface area contributed by atoms with Crippen LogP contribution in [-0.2, 0) is 15.1 Å². The van der Waals surface area contributed by atoms with Crippen molar-refractivity contribution >= 4 is 17.2 Å². The number of nitrogens with one attached hydrogen (secondary N) is 1. The molecule has 0 bridgehead atoms. The molecule has 1 aliphatic carbocycles. The molecule has 1 N–H and O–H groups in total. The number of pyridine rings is 1. The molecule has 0 aromatic carbocycles. The molecule has 1 unspecified atom stereocenters. The van der Waals surface area contributed by atoms with Gasteiger partial charge in [-0.1, -0.05) is 37.5 Å². The van der Waals surface area contributed by atoms with Crippen molar-refractivity contribution in [2.24, 2.45) is 0 Å². The van der Waals surface area contributed by atoms with Crippen LogP contribution >= 0.6 is 12.2 Å². The number of ether oxygens (including phenoxy) is 2. The Kier molecular flexibility index (Phi) is 6.76. The van der Waals surface area contributed by atoms with Crippen LogP contribution in [0, 0.1) is 0 Å². The number of aromatic nitrogens is 1. The van der Waals surface area contributed by atoms with Gasteiger partial charge >= 0.3 is 0 Å². The molecule has 1 saturated heterocycles. The molecule has 0 amide bonds. The van der Waals surface area contributed by atoms with Crippen LogP contribution in [0.1, 0.15) is 37.8 Å². The first-order chi connectivity index (χ1) is 12.2. The van der Waals surface area contributed by atoms with Crippen molar-refractivity contribution in [3.63, 3.8) is 0 Å². The van der Waals surface area contributed by atoms with Crippen molar-refractivity contribution in [3.8, 4) is 0 Å². The lowest BCUT2D eigenvalue weighted by Crippen LogP contribution is -2.56. The van der Waals surface area contributed by atoms with Crippen LogP contribution in [0.5, 0.6) is 0 Å². The highest BCUT2D eigenvalue weighted by atomic mass is 32.1. The van der Waals surface area contributed by atoms with Crippen LogP contribution in [0.3, 0.4) is 0 Å². The van der Waals surface area contributed by atoms with E-state index in [-0.39, 0.29) is 0 Å². The Morgan fingerprint density at radius 1 is 1.32 bits per heavy atom. The highest BCUT2D eigenvalue weighted by Crippen LogP contribution is 2.28. The minimum absolute atomic E-state index is 0.448. The molecule has 1 aromatic heterocycles. The summed E-state index contributed by atoms with van der Waals surface area (Å²) in [5, 5.41) is 3.61. The molecule has 25 heavy (non-hydrogen) atoms. The van der Waals surface area contributed by atoms with Crippen molar-refractivity contribution in [1.29, 1.82) is 0 Å². The molecule has 5 nitrogen and oxygen atoms in total. The molecule has 1 aliphatic heterocycles. The van der Waals surface area contributed by atoms with Crippen molar-refractivity contribution < 1.29 is 9.47 Å². The normalized spacial score (nSPS) is 22.3. The highest BCUT2D eigenvalue weighted by Gasteiger charge is 2.41. The fraction of sp³-hybridized carbons (Fsp3) is 0.684. The zero-order chi connectivity index (χ0) is 17.5. The summed E-state index contributed by atoms with van der Waals surface area (Å²) in [6.45, 7) is 3.99. The molecule has 2 fully saturated rings. The number of hydrogen-bond donors (Lipinski definition) is 1. The summed E-state index contributed by atoms with van der Waals surface area (Å²) in [7, 11) is 1.74. The first kappa shape index (κ1) is 18.7. The van der Waals surface area contributed by atoms with Gasteiger partial charge in [0, 0.05) is 39.0 Å². The average molecular weight is 364 g/mol. The minimum atomic E-state index is -0.717. The molecule has 2 heterocycles. The monoisotopic (exact) mass is 363 g/mol. The van der Waals surface area contributed by atoms with E-state index >= 15 is 0 Å². The van der Waals surface area contributed by atoms with E-state index in [1.165, 1.54) is 32.1 Å². The predicted molar refractivity (Wildman–Crippen MR) is 103 cm³/mol. The molecular formula is C19H29N3O2S. The number of morpholine rings is 1. The summed E-state index contributed by atoms with van der Waals surface area (Å²) in [4.78, 5) is 7.71. The van der Waals surface area contributed by atoms with Crippen molar-refractivity contribution in [2.45, 2.75) is 43.7 Å². The summed E-state index contributed by atoms with van der Waals surface area (Å²) in [5.41, 5.74) is 0.156. The third kappa shape index (κ3) is 4.56. The van der Waals surface area contributed by atoms with E-state index in [4.69, 9.17) is 21.7 Å². The average Bonchev–Trinajstić information content (AvgIpc) is 2.68. The maximum atomic E-state index is 6.08. The zero-order valence-corrected chi connectivity index (χ0v) is 15.9. The first-order valence-corrected chi connectivity index (χ1v) is 9.73. The third-order valence-electron chi connectivity index (χ3n) is 5.28. The number of rotatable bonds is 6. The van der Waals surface area contributed by atoms with E-state index < -0.39 is 5.60 Å². The Hall–Kier alpha value is -1.08. The molecule has 2 aliphatic rings. The van der Waals surface area contributed by atoms with E-state index in [9.17, 15) is 0 Å². The second kappa shape index (κ2) is 9.03. The van der Waals surface area contributed by atoms with Gasteiger partial charge in [0.05, 0.1) is 18.9 Å². The van der Waals surface area contributed by atoms with E-state index in [1.54, 1.807) is 7.11 Å². The molecule has 0 radical (unpaired) electrons. The third-order valence-corrected chi connectivity index (χ3v) is 5.73. The van der Waals surface area contributed by atoms with Crippen LogP contribution in [-0.4, -0.2) is 60.9 Å². The fourth-order valence-electron chi connectivity index (χ4n) is 3.76. The van der Waals surface area contributed by atoms with Gasteiger partial charge in [-0.25, -0.2) is 0 Å². The number of hydrogen-bond acceptors (Lipinski definition) is 5. The number of thiocarbonyl (C=S) groups is 1. The Morgan fingerprint density at radius 3 is 2.72 bits per heavy atom.